The normalized spacial score (nSPS) is 14.0. The number of rotatable bonds is 7. The maximum Gasteiger partial charge on any atom is 0.224 e. The molecule has 140 valence electrons. The molecule has 7 heteroatoms. The molecular formula is C18H29IN4O2. The van der Waals surface area contributed by atoms with Crippen molar-refractivity contribution in [3.63, 3.8) is 0 Å². The van der Waals surface area contributed by atoms with Crippen LogP contribution >= 0.6 is 24.0 Å². The second-order valence-corrected chi connectivity index (χ2v) is 5.77. The van der Waals surface area contributed by atoms with Crippen LogP contribution < -0.4 is 15.4 Å². The first-order chi connectivity index (χ1) is 11.7. The number of nitrogens with one attached hydrogen (secondary N) is 2. The predicted octanol–water partition coefficient (Wildman–Crippen LogP) is 2.38. The van der Waals surface area contributed by atoms with E-state index in [9.17, 15) is 4.79 Å². The number of carbonyl (C=O) groups excluding carboxylic acids is 1. The van der Waals surface area contributed by atoms with E-state index in [-0.39, 0.29) is 29.9 Å². The van der Waals surface area contributed by atoms with Crippen molar-refractivity contribution in [1.82, 2.24) is 15.5 Å². The van der Waals surface area contributed by atoms with Crippen molar-refractivity contribution in [2.45, 2.75) is 32.7 Å². The highest BCUT2D eigenvalue weighted by molar-refractivity contribution is 14.0. The lowest BCUT2D eigenvalue weighted by Crippen LogP contribution is -2.39. The van der Waals surface area contributed by atoms with Gasteiger partial charge in [0.05, 0.1) is 13.7 Å². The fourth-order valence-electron chi connectivity index (χ4n) is 2.75. The number of para-hydroxylation sites is 1. The Balaban J connectivity index is 0.00000312. The Labute approximate surface area is 167 Å². The molecule has 1 fully saturated rings. The maximum absolute atomic E-state index is 12.1. The van der Waals surface area contributed by atoms with E-state index in [1.165, 1.54) is 0 Å². The third-order valence-electron chi connectivity index (χ3n) is 4.03. The molecule has 0 radical (unpaired) electrons. The molecule has 0 aromatic heterocycles. The molecule has 2 N–H and O–H groups in total. The molecule has 6 nitrogen and oxygen atoms in total. The van der Waals surface area contributed by atoms with Crippen molar-refractivity contribution in [3.05, 3.63) is 29.8 Å². The lowest BCUT2D eigenvalue weighted by atomic mass is 10.2. The molecule has 1 aromatic rings. The summed E-state index contributed by atoms with van der Waals surface area (Å²) in [6.45, 7) is 5.72. The molecule has 0 unspecified atom stereocenters. The molecule has 1 heterocycles. The van der Waals surface area contributed by atoms with Gasteiger partial charge in [0, 0.05) is 38.2 Å². The highest BCUT2D eigenvalue weighted by Crippen LogP contribution is 2.17. The van der Waals surface area contributed by atoms with Gasteiger partial charge in [-0.15, -0.1) is 24.0 Å². The SMILES string of the molecule is CCNC(=NCc1ccccc1OC)NCCC(=O)N1CCCC1.I. The Hall–Kier alpha value is -1.51. The van der Waals surface area contributed by atoms with Gasteiger partial charge in [-0.2, -0.15) is 0 Å². The summed E-state index contributed by atoms with van der Waals surface area (Å²) in [7, 11) is 1.66. The second-order valence-electron chi connectivity index (χ2n) is 5.77. The van der Waals surface area contributed by atoms with Crippen molar-refractivity contribution in [3.8, 4) is 5.75 Å². The van der Waals surface area contributed by atoms with Crippen LogP contribution in [0.2, 0.25) is 0 Å². The van der Waals surface area contributed by atoms with Crippen LogP contribution in [-0.4, -0.2) is 50.1 Å². The molecular weight excluding hydrogens is 431 g/mol. The van der Waals surface area contributed by atoms with Gasteiger partial charge in [-0.3, -0.25) is 4.79 Å². The van der Waals surface area contributed by atoms with Crippen molar-refractivity contribution in [2.75, 3.05) is 33.3 Å². The van der Waals surface area contributed by atoms with E-state index >= 15 is 0 Å². The fraction of sp³-hybridized carbons (Fsp3) is 0.556. The lowest BCUT2D eigenvalue weighted by molar-refractivity contribution is -0.129. The number of guanidine groups is 1. The molecule has 1 aliphatic heterocycles. The zero-order valence-electron chi connectivity index (χ0n) is 15.1. The van der Waals surface area contributed by atoms with E-state index in [1.807, 2.05) is 36.1 Å². The number of carbonyl (C=O) groups is 1. The first kappa shape index (κ1) is 21.5. The number of nitrogens with zero attached hydrogens (tertiary/aromatic N) is 2. The van der Waals surface area contributed by atoms with Gasteiger partial charge in [0.15, 0.2) is 5.96 Å². The van der Waals surface area contributed by atoms with Crippen molar-refractivity contribution in [2.24, 2.45) is 4.99 Å². The predicted molar refractivity (Wildman–Crippen MR) is 112 cm³/mol. The summed E-state index contributed by atoms with van der Waals surface area (Å²) in [5, 5.41) is 6.44. The van der Waals surface area contributed by atoms with E-state index in [4.69, 9.17) is 4.74 Å². The van der Waals surface area contributed by atoms with Gasteiger partial charge >= 0.3 is 0 Å². The van der Waals surface area contributed by atoms with E-state index in [2.05, 4.69) is 15.6 Å². The van der Waals surface area contributed by atoms with Gasteiger partial charge < -0.3 is 20.3 Å². The van der Waals surface area contributed by atoms with Gasteiger partial charge in [-0.1, -0.05) is 18.2 Å². The largest absolute Gasteiger partial charge is 0.496 e. The summed E-state index contributed by atoms with van der Waals surface area (Å²) in [6, 6.07) is 7.85. The number of hydrogen-bond donors (Lipinski definition) is 2. The third kappa shape index (κ3) is 7.09. The van der Waals surface area contributed by atoms with Crippen LogP contribution in [0.25, 0.3) is 0 Å². The van der Waals surface area contributed by atoms with E-state index in [0.717, 1.165) is 49.7 Å². The first-order valence-electron chi connectivity index (χ1n) is 8.66. The molecule has 1 saturated heterocycles. The molecule has 0 saturated carbocycles. The van der Waals surface area contributed by atoms with Crippen molar-refractivity contribution >= 4 is 35.8 Å². The van der Waals surface area contributed by atoms with Crippen molar-refractivity contribution < 1.29 is 9.53 Å². The van der Waals surface area contributed by atoms with Crippen LogP contribution in [-0.2, 0) is 11.3 Å². The van der Waals surface area contributed by atoms with Gasteiger partial charge in [0.1, 0.15) is 5.75 Å². The number of amides is 1. The smallest absolute Gasteiger partial charge is 0.224 e. The number of likely N-dealkylation sites (tertiary alicyclic amines) is 1. The Morgan fingerprint density at radius 1 is 1.24 bits per heavy atom. The number of benzene rings is 1. The number of hydrogen-bond acceptors (Lipinski definition) is 3. The maximum atomic E-state index is 12.1. The minimum Gasteiger partial charge on any atom is -0.496 e. The Morgan fingerprint density at radius 2 is 1.96 bits per heavy atom. The summed E-state index contributed by atoms with van der Waals surface area (Å²) in [4.78, 5) is 18.6. The Bertz CT molecular complexity index is 560. The van der Waals surface area contributed by atoms with E-state index < -0.39 is 0 Å². The Morgan fingerprint density at radius 3 is 2.64 bits per heavy atom. The molecule has 1 amide bonds. The number of halogens is 1. The van der Waals surface area contributed by atoms with Crippen LogP contribution in [0.1, 0.15) is 31.7 Å². The lowest BCUT2D eigenvalue weighted by Gasteiger charge is -2.16. The first-order valence-corrected chi connectivity index (χ1v) is 8.66. The molecule has 0 aliphatic carbocycles. The van der Waals surface area contributed by atoms with Gasteiger partial charge in [-0.25, -0.2) is 4.99 Å². The second kappa shape index (κ2) is 11.9. The van der Waals surface area contributed by atoms with Crippen LogP contribution in [0.15, 0.2) is 29.3 Å². The minimum absolute atomic E-state index is 0. The average Bonchev–Trinajstić information content (AvgIpc) is 3.14. The zero-order valence-corrected chi connectivity index (χ0v) is 17.4. The average molecular weight is 460 g/mol. The standard InChI is InChI=1S/C18H28N4O2.HI/c1-3-19-18(20-11-10-17(23)22-12-6-7-13-22)21-14-15-8-4-5-9-16(15)24-2;/h4-5,8-9H,3,6-7,10-14H2,1-2H3,(H2,19,20,21);1H. The third-order valence-corrected chi connectivity index (χ3v) is 4.03. The zero-order chi connectivity index (χ0) is 17.2. The summed E-state index contributed by atoms with van der Waals surface area (Å²) in [5.74, 6) is 1.78. The fourth-order valence-corrected chi connectivity index (χ4v) is 2.75. The van der Waals surface area contributed by atoms with Gasteiger partial charge in [-0.05, 0) is 25.8 Å². The van der Waals surface area contributed by atoms with E-state index in [1.54, 1.807) is 7.11 Å². The van der Waals surface area contributed by atoms with E-state index in [0.29, 0.717) is 19.5 Å². The van der Waals surface area contributed by atoms with Crippen LogP contribution in [0, 0.1) is 0 Å². The summed E-state index contributed by atoms with van der Waals surface area (Å²) in [5.41, 5.74) is 1.03. The highest BCUT2D eigenvalue weighted by Gasteiger charge is 2.17. The van der Waals surface area contributed by atoms with Crippen LogP contribution in [0.4, 0.5) is 0 Å². The summed E-state index contributed by atoms with van der Waals surface area (Å²) < 4.78 is 5.35. The van der Waals surface area contributed by atoms with Crippen LogP contribution in [0.5, 0.6) is 5.75 Å². The molecule has 0 atom stereocenters. The molecule has 0 spiro atoms. The number of aliphatic imine (C=N–C) groups is 1. The van der Waals surface area contributed by atoms with Crippen molar-refractivity contribution in [1.29, 1.82) is 0 Å². The van der Waals surface area contributed by atoms with Gasteiger partial charge in [0.2, 0.25) is 5.91 Å². The molecule has 2 rings (SSSR count). The quantitative estimate of drug-likeness (QED) is 0.373. The Kier molecular flexibility index (Phi) is 10.3. The number of methoxy groups -OCH3 is 1. The molecule has 1 aromatic carbocycles. The number of ether oxygens (including phenoxy) is 1. The highest BCUT2D eigenvalue weighted by atomic mass is 127. The van der Waals surface area contributed by atoms with Crippen LogP contribution in [0.3, 0.4) is 0 Å². The summed E-state index contributed by atoms with van der Waals surface area (Å²) in [6.07, 6.45) is 2.75. The molecule has 0 bridgehead atoms. The summed E-state index contributed by atoms with van der Waals surface area (Å²) >= 11 is 0. The molecule has 1 aliphatic rings. The topological polar surface area (TPSA) is 66.0 Å². The molecule has 25 heavy (non-hydrogen) atoms. The minimum atomic E-state index is 0. The monoisotopic (exact) mass is 460 g/mol. The van der Waals surface area contributed by atoms with Gasteiger partial charge in [0.25, 0.3) is 0 Å².